The summed E-state index contributed by atoms with van der Waals surface area (Å²) in [4.78, 5) is -0.750. The SMILES string of the molecule is COc1cc(N)c(S(=O)(=O)O)cc1N=Nc1ccc(S(=O)(=O)CCOS(=O)(=O)O)cc1. The maximum atomic E-state index is 12.1. The van der Waals surface area contributed by atoms with E-state index in [0.717, 1.165) is 12.1 Å². The van der Waals surface area contributed by atoms with E-state index in [0.29, 0.717) is 0 Å². The number of rotatable bonds is 9. The fraction of sp³-hybridized carbons (Fsp3) is 0.200. The number of nitrogens with zero attached hydrogens (tertiary/aromatic N) is 2. The van der Waals surface area contributed by atoms with Crippen LogP contribution >= 0.6 is 0 Å². The van der Waals surface area contributed by atoms with E-state index in [2.05, 4.69) is 14.4 Å². The molecule has 170 valence electrons. The van der Waals surface area contributed by atoms with Crippen LogP contribution in [0.25, 0.3) is 0 Å². The lowest BCUT2D eigenvalue weighted by Gasteiger charge is -2.08. The molecule has 0 atom stereocenters. The lowest BCUT2D eigenvalue weighted by molar-refractivity contribution is 0.284. The Morgan fingerprint density at radius 3 is 2.10 bits per heavy atom. The number of benzene rings is 2. The fourth-order valence-corrected chi connectivity index (χ4v) is 4.33. The Morgan fingerprint density at radius 1 is 0.968 bits per heavy atom. The standard InChI is InChI=1S/C15H17N3O10S3/c1-27-14-8-12(16)15(30(21,22)23)9-13(14)18-17-10-2-4-11(5-3-10)29(19,20)7-6-28-31(24,25)26/h2-5,8-9H,6-7,16H2,1H3,(H,21,22,23)(H,24,25,26). The average molecular weight is 496 g/mol. The predicted molar refractivity (Wildman–Crippen MR) is 107 cm³/mol. The van der Waals surface area contributed by atoms with Crippen LogP contribution in [0.2, 0.25) is 0 Å². The van der Waals surface area contributed by atoms with Crippen molar-refractivity contribution < 1.29 is 43.3 Å². The van der Waals surface area contributed by atoms with Gasteiger partial charge in [0.15, 0.2) is 9.84 Å². The highest BCUT2D eigenvalue weighted by molar-refractivity contribution is 7.91. The lowest BCUT2D eigenvalue weighted by Crippen LogP contribution is -2.15. The Balaban J connectivity index is 2.25. The second-order valence-electron chi connectivity index (χ2n) is 5.80. The number of hydrogen-bond acceptors (Lipinski definition) is 11. The Kier molecular flexibility index (Phi) is 7.35. The Bertz CT molecular complexity index is 1300. The van der Waals surface area contributed by atoms with Crippen molar-refractivity contribution in [2.45, 2.75) is 9.79 Å². The summed E-state index contributed by atoms with van der Waals surface area (Å²) in [5, 5.41) is 7.69. The molecule has 0 heterocycles. The van der Waals surface area contributed by atoms with Gasteiger partial charge in [0.2, 0.25) is 0 Å². The van der Waals surface area contributed by atoms with E-state index in [9.17, 15) is 29.8 Å². The average Bonchev–Trinajstić information content (AvgIpc) is 2.64. The molecule has 0 aliphatic heterocycles. The Labute approximate surface area is 178 Å². The molecular weight excluding hydrogens is 478 g/mol. The number of nitrogens with two attached hydrogens (primary N) is 1. The Morgan fingerprint density at radius 2 is 1.58 bits per heavy atom. The van der Waals surface area contributed by atoms with E-state index in [1.54, 1.807) is 0 Å². The van der Waals surface area contributed by atoms with Crippen LogP contribution in [-0.2, 0) is 34.5 Å². The zero-order chi connectivity index (χ0) is 23.4. The van der Waals surface area contributed by atoms with Crippen molar-refractivity contribution in [3.8, 4) is 5.75 Å². The van der Waals surface area contributed by atoms with Crippen molar-refractivity contribution >= 4 is 47.4 Å². The second kappa shape index (κ2) is 9.25. The quantitative estimate of drug-likeness (QED) is 0.258. The summed E-state index contributed by atoms with van der Waals surface area (Å²) in [6.45, 7) is -0.768. The van der Waals surface area contributed by atoms with Crippen LogP contribution in [0.1, 0.15) is 0 Å². The van der Waals surface area contributed by atoms with Gasteiger partial charge in [0, 0.05) is 6.07 Å². The molecular formula is C15H17N3O10S3. The van der Waals surface area contributed by atoms with E-state index in [4.69, 9.17) is 15.0 Å². The number of hydrogen-bond donors (Lipinski definition) is 3. The molecule has 0 bridgehead atoms. The van der Waals surface area contributed by atoms with Crippen LogP contribution in [0, 0.1) is 0 Å². The summed E-state index contributed by atoms with van der Waals surface area (Å²) < 4.78 is 94.7. The molecule has 0 aliphatic rings. The maximum Gasteiger partial charge on any atom is 0.397 e. The summed E-state index contributed by atoms with van der Waals surface area (Å²) in [5.41, 5.74) is 5.43. The van der Waals surface area contributed by atoms with Gasteiger partial charge < -0.3 is 10.5 Å². The molecule has 0 aliphatic carbocycles. The summed E-state index contributed by atoms with van der Waals surface area (Å²) in [7, 11) is -12.0. The number of methoxy groups -OCH3 is 1. The van der Waals surface area contributed by atoms with Gasteiger partial charge in [0.25, 0.3) is 10.1 Å². The number of azo groups is 1. The van der Waals surface area contributed by atoms with Gasteiger partial charge in [0.1, 0.15) is 16.3 Å². The van der Waals surface area contributed by atoms with Crippen molar-refractivity contribution in [3.63, 3.8) is 0 Å². The zero-order valence-electron chi connectivity index (χ0n) is 15.7. The van der Waals surface area contributed by atoms with Gasteiger partial charge >= 0.3 is 10.4 Å². The fourth-order valence-electron chi connectivity index (χ4n) is 2.23. The van der Waals surface area contributed by atoms with Crippen molar-refractivity contribution in [3.05, 3.63) is 36.4 Å². The number of sulfone groups is 1. The highest BCUT2D eigenvalue weighted by Gasteiger charge is 2.19. The predicted octanol–water partition coefficient (Wildman–Crippen LogP) is 1.53. The van der Waals surface area contributed by atoms with Crippen molar-refractivity contribution in [1.82, 2.24) is 0 Å². The maximum absolute atomic E-state index is 12.1. The van der Waals surface area contributed by atoms with E-state index in [1.807, 2.05) is 0 Å². The first kappa shape index (κ1) is 24.6. The molecule has 31 heavy (non-hydrogen) atoms. The molecule has 16 heteroatoms. The van der Waals surface area contributed by atoms with Gasteiger partial charge in [-0.3, -0.25) is 9.11 Å². The second-order valence-corrected chi connectivity index (χ2v) is 10.4. The lowest BCUT2D eigenvalue weighted by atomic mass is 10.2. The summed E-state index contributed by atoms with van der Waals surface area (Å²) in [6, 6.07) is 7.03. The molecule has 2 aromatic carbocycles. The van der Waals surface area contributed by atoms with E-state index in [-0.39, 0.29) is 27.7 Å². The Hall–Kier alpha value is -2.63. The van der Waals surface area contributed by atoms with E-state index < -0.39 is 47.6 Å². The molecule has 0 saturated carbocycles. The highest BCUT2D eigenvalue weighted by Crippen LogP contribution is 2.35. The zero-order valence-corrected chi connectivity index (χ0v) is 18.2. The molecule has 0 amide bonds. The first-order valence-corrected chi connectivity index (χ1v) is 12.5. The minimum absolute atomic E-state index is 0.0663. The number of anilines is 1. The van der Waals surface area contributed by atoms with E-state index in [1.165, 1.54) is 31.4 Å². The largest absolute Gasteiger partial charge is 0.494 e. The van der Waals surface area contributed by atoms with Crippen LogP contribution in [-0.4, -0.2) is 53.8 Å². The van der Waals surface area contributed by atoms with Gasteiger partial charge in [-0.1, -0.05) is 0 Å². The topological polar surface area (TPSA) is 212 Å². The van der Waals surface area contributed by atoms with Gasteiger partial charge in [-0.25, -0.2) is 12.6 Å². The highest BCUT2D eigenvalue weighted by atomic mass is 32.3. The molecule has 0 radical (unpaired) electrons. The molecule has 13 nitrogen and oxygen atoms in total. The summed E-state index contributed by atoms with van der Waals surface area (Å²) in [5.74, 6) is -0.624. The third-order valence-electron chi connectivity index (χ3n) is 3.64. The monoisotopic (exact) mass is 495 g/mol. The molecule has 4 N–H and O–H groups in total. The van der Waals surface area contributed by atoms with Crippen molar-refractivity contribution in [2.75, 3.05) is 25.2 Å². The van der Waals surface area contributed by atoms with Gasteiger partial charge in [-0.15, -0.1) is 5.11 Å². The first-order chi connectivity index (χ1) is 14.2. The summed E-state index contributed by atoms with van der Waals surface area (Å²) >= 11 is 0. The van der Waals surface area contributed by atoms with Crippen molar-refractivity contribution in [1.29, 1.82) is 0 Å². The van der Waals surface area contributed by atoms with Crippen LogP contribution in [0.4, 0.5) is 17.1 Å². The first-order valence-electron chi connectivity index (χ1n) is 8.04. The minimum Gasteiger partial charge on any atom is -0.494 e. The normalized spacial score (nSPS) is 12.9. The molecule has 0 saturated heterocycles. The smallest absolute Gasteiger partial charge is 0.397 e. The van der Waals surface area contributed by atoms with Crippen LogP contribution in [0.5, 0.6) is 5.75 Å². The van der Waals surface area contributed by atoms with Crippen LogP contribution in [0.3, 0.4) is 0 Å². The van der Waals surface area contributed by atoms with Crippen LogP contribution in [0.15, 0.2) is 56.4 Å². The third kappa shape index (κ3) is 6.94. The third-order valence-corrected chi connectivity index (χ3v) is 6.71. The minimum atomic E-state index is -4.75. The molecule has 0 spiro atoms. The molecule has 0 aromatic heterocycles. The molecule has 0 fully saturated rings. The molecule has 2 rings (SSSR count). The van der Waals surface area contributed by atoms with Gasteiger partial charge in [-0.2, -0.15) is 21.9 Å². The molecule has 0 unspecified atom stereocenters. The van der Waals surface area contributed by atoms with Gasteiger partial charge in [-0.05, 0) is 30.3 Å². The summed E-state index contributed by atoms with van der Waals surface area (Å²) in [6.07, 6.45) is 0. The van der Waals surface area contributed by atoms with Gasteiger partial charge in [0.05, 0.1) is 35.7 Å². The molecule has 2 aromatic rings. The number of ether oxygens (including phenoxy) is 1. The number of nitrogen functional groups attached to an aromatic ring is 1. The van der Waals surface area contributed by atoms with Crippen molar-refractivity contribution in [2.24, 2.45) is 10.2 Å². The van der Waals surface area contributed by atoms with Crippen LogP contribution < -0.4 is 10.5 Å². The van der Waals surface area contributed by atoms with E-state index >= 15 is 0 Å².